The first-order valence-electron chi connectivity index (χ1n) is 7.08. The molecule has 2 atom stereocenters. The highest BCUT2D eigenvalue weighted by Gasteiger charge is 2.32. The Labute approximate surface area is 113 Å². The van der Waals surface area contributed by atoms with Gasteiger partial charge in [0.1, 0.15) is 5.82 Å². The van der Waals surface area contributed by atoms with Crippen molar-refractivity contribution < 1.29 is 4.79 Å². The summed E-state index contributed by atoms with van der Waals surface area (Å²) in [5.41, 5.74) is 6.00. The third kappa shape index (κ3) is 2.25. The first kappa shape index (κ1) is 12.6. The van der Waals surface area contributed by atoms with E-state index in [1.807, 2.05) is 7.05 Å². The number of nitrogens with zero attached hydrogens (tertiary/aromatic N) is 4. The third-order valence-corrected chi connectivity index (χ3v) is 4.33. The summed E-state index contributed by atoms with van der Waals surface area (Å²) in [5.74, 6) is 2.09. The highest BCUT2D eigenvalue weighted by molar-refractivity contribution is 5.79. The summed E-state index contributed by atoms with van der Waals surface area (Å²) in [4.78, 5) is 14.1. The summed E-state index contributed by atoms with van der Waals surface area (Å²) >= 11 is 0. The lowest BCUT2D eigenvalue weighted by molar-refractivity contribution is -0.135. The van der Waals surface area contributed by atoms with Crippen molar-refractivity contribution in [3.8, 4) is 0 Å². The fourth-order valence-corrected chi connectivity index (χ4v) is 3.20. The minimum atomic E-state index is -0.00836. The number of fused-ring (bicyclic) bond motifs is 1. The van der Waals surface area contributed by atoms with Gasteiger partial charge >= 0.3 is 0 Å². The van der Waals surface area contributed by atoms with Crippen LogP contribution in [0.5, 0.6) is 0 Å². The number of rotatable bonds is 3. The van der Waals surface area contributed by atoms with Gasteiger partial charge in [-0.15, -0.1) is 10.2 Å². The quantitative estimate of drug-likeness (QED) is 0.851. The molecule has 1 saturated carbocycles. The average Bonchev–Trinajstić information content (AvgIpc) is 3.06. The summed E-state index contributed by atoms with van der Waals surface area (Å²) in [6.07, 6.45) is 5.07. The summed E-state index contributed by atoms with van der Waals surface area (Å²) < 4.78 is 2.14. The van der Waals surface area contributed by atoms with Crippen LogP contribution in [0.15, 0.2) is 0 Å². The van der Waals surface area contributed by atoms with Gasteiger partial charge < -0.3 is 15.2 Å². The van der Waals surface area contributed by atoms with Gasteiger partial charge in [0.2, 0.25) is 5.91 Å². The van der Waals surface area contributed by atoms with Crippen LogP contribution in [0.4, 0.5) is 0 Å². The van der Waals surface area contributed by atoms with Gasteiger partial charge in [-0.1, -0.05) is 6.42 Å². The van der Waals surface area contributed by atoms with Crippen molar-refractivity contribution in [2.75, 3.05) is 7.05 Å². The van der Waals surface area contributed by atoms with Crippen molar-refractivity contribution in [1.29, 1.82) is 0 Å². The Morgan fingerprint density at radius 1 is 1.42 bits per heavy atom. The van der Waals surface area contributed by atoms with Gasteiger partial charge in [-0.25, -0.2) is 0 Å². The predicted molar refractivity (Wildman–Crippen MR) is 70.1 cm³/mol. The Morgan fingerprint density at radius 2 is 2.26 bits per heavy atom. The largest absolute Gasteiger partial charge is 0.338 e. The number of aryl methyl sites for hydroxylation is 1. The second kappa shape index (κ2) is 4.92. The van der Waals surface area contributed by atoms with E-state index >= 15 is 0 Å². The Hall–Kier alpha value is -1.43. The van der Waals surface area contributed by atoms with Crippen LogP contribution in [0.25, 0.3) is 0 Å². The molecule has 2 heterocycles. The molecule has 1 amide bonds. The molecule has 19 heavy (non-hydrogen) atoms. The molecule has 1 aliphatic carbocycles. The third-order valence-electron chi connectivity index (χ3n) is 4.33. The molecule has 0 radical (unpaired) electrons. The molecule has 6 heteroatoms. The smallest absolute Gasteiger partial charge is 0.227 e. The zero-order valence-electron chi connectivity index (χ0n) is 11.4. The van der Waals surface area contributed by atoms with Gasteiger partial charge in [-0.05, 0) is 19.3 Å². The predicted octanol–water partition coefficient (Wildman–Crippen LogP) is 0.310. The van der Waals surface area contributed by atoms with Crippen molar-refractivity contribution >= 4 is 5.91 Å². The van der Waals surface area contributed by atoms with Crippen LogP contribution in [-0.4, -0.2) is 38.7 Å². The maximum Gasteiger partial charge on any atom is 0.227 e. The average molecular weight is 263 g/mol. The molecular weight excluding hydrogens is 242 g/mol. The Morgan fingerprint density at radius 3 is 3.00 bits per heavy atom. The van der Waals surface area contributed by atoms with E-state index in [1.165, 1.54) is 0 Å². The first-order valence-corrected chi connectivity index (χ1v) is 7.08. The SMILES string of the molecule is CN(Cc1nnc2n1CCC2)C(=O)C1CCCC1N. The van der Waals surface area contributed by atoms with E-state index in [4.69, 9.17) is 5.73 Å². The van der Waals surface area contributed by atoms with E-state index in [9.17, 15) is 4.79 Å². The van der Waals surface area contributed by atoms with Gasteiger partial charge in [-0.2, -0.15) is 0 Å². The summed E-state index contributed by atoms with van der Waals surface area (Å²) in [6, 6.07) is 0.0269. The molecule has 2 aliphatic rings. The zero-order valence-corrected chi connectivity index (χ0v) is 11.4. The topological polar surface area (TPSA) is 77.0 Å². The number of hydrogen-bond donors (Lipinski definition) is 1. The number of amides is 1. The standard InChI is InChI=1S/C13H21N5O/c1-17(13(19)9-4-2-5-10(9)14)8-12-16-15-11-6-3-7-18(11)12/h9-10H,2-8,14H2,1H3. The highest BCUT2D eigenvalue weighted by atomic mass is 16.2. The van der Waals surface area contributed by atoms with E-state index in [0.29, 0.717) is 6.54 Å². The lowest BCUT2D eigenvalue weighted by Crippen LogP contribution is -2.39. The summed E-state index contributed by atoms with van der Waals surface area (Å²) in [6.45, 7) is 1.51. The van der Waals surface area contributed by atoms with Crippen LogP contribution in [0.1, 0.15) is 37.3 Å². The Kier molecular flexibility index (Phi) is 3.26. The molecule has 2 N–H and O–H groups in total. The van der Waals surface area contributed by atoms with Crippen molar-refractivity contribution in [2.45, 2.75) is 51.2 Å². The summed E-state index contributed by atoms with van der Waals surface area (Å²) in [7, 11) is 1.84. The number of hydrogen-bond acceptors (Lipinski definition) is 4. The number of aromatic nitrogens is 3. The van der Waals surface area contributed by atoms with E-state index in [0.717, 1.165) is 50.3 Å². The second-order valence-corrected chi connectivity index (χ2v) is 5.68. The van der Waals surface area contributed by atoms with Crippen LogP contribution in [0.2, 0.25) is 0 Å². The van der Waals surface area contributed by atoms with Gasteiger partial charge in [0.15, 0.2) is 5.82 Å². The van der Waals surface area contributed by atoms with Crippen molar-refractivity contribution in [3.05, 3.63) is 11.6 Å². The molecule has 0 bridgehead atoms. The van der Waals surface area contributed by atoms with Crippen molar-refractivity contribution in [3.63, 3.8) is 0 Å². The maximum absolute atomic E-state index is 12.4. The molecule has 3 rings (SSSR count). The zero-order chi connectivity index (χ0) is 13.4. The second-order valence-electron chi connectivity index (χ2n) is 5.68. The normalized spacial score (nSPS) is 25.6. The van der Waals surface area contributed by atoms with Crippen molar-refractivity contribution in [2.24, 2.45) is 11.7 Å². The van der Waals surface area contributed by atoms with Gasteiger partial charge in [0.25, 0.3) is 0 Å². The molecule has 0 aromatic carbocycles. The van der Waals surface area contributed by atoms with Crippen LogP contribution < -0.4 is 5.73 Å². The molecular formula is C13H21N5O. The molecule has 1 fully saturated rings. The first-order chi connectivity index (χ1) is 9.16. The maximum atomic E-state index is 12.4. The van der Waals surface area contributed by atoms with Crippen LogP contribution in [0.3, 0.4) is 0 Å². The molecule has 1 aliphatic heterocycles. The minimum absolute atomic E-state index is 0.00836. The molecule has 0 saturated heterocycles. The molecule has 1 aromatic rings. The molecule has 2 unspecified atom stereocenters. The Balaban J connectivity index is 1.67. The highest BCUT2D eigenvalue weighted by Crippen LogP contribution is 2.26. The van der Waals surface area contributed by atoms with Crippen LogP contribution in [-0.2, 0) is 24.3 Å². The van der Waals surface area contributed by atoms with Crippen LogP contribution in [0, 0.1) is 5.92 Å². The van der Waals surface area contributed by atoms with Gasteiger partial charge in [0, 0.05) is 26.1 Å². The number of nitrogens with two attached hydrogens (primary N) is 1. The fourth-order valence-electron chi connectivity index (χ4n) is 3.20. The lowest BCUT2D eigenvalue weighted by atomic mass is 10.0. The van der Waals surface area contributed by atoms with Crippen molar-refractivity contribution in [1.82, 2.24) is 19.7 Å². The van der Waals surface area contributed by atoms with E-state index in [-0.39, 0.29) is 17.9 Å². The van der Waals surface area contributed by atoms with Gasteiger partial charge in [-0.3, -0.25) is 4.79 Å². The molecule has 104 valence electrons. The Bertz CT molecular complexity index is 483. The van der Waals surface area contributed by atoms with E-state index < -0.39 is 0 Å². The van der Waals surface area contributed by atoms with Crippen LogP contribution >= 0.6 is 0 Å². The van der Waals surface area contributed by atoms with E-state index in [1.54, 1.807) is 4.90 Å². The molecule has 0 spiro atoms. The summed E-state index contributed by atoms with van der Waals surface area (Å²) in [5, 5.41) is 8.37. The monoisotopic (exact) mass is 263 g/mol. The lowest BCUT2D eigenvalue weighted by Gasteiger charge is -2.23. The number of carbonyl (C=O) groups excluding carboxylic acids is 1. The van der Waals surface area contributed by atoms with E-state index in [2.05, 4.69) is 14.8 Å². The number of carbonyl (C=O) groups is 1. The minimum Gasteiger partial charge on any atom is -0.338 e. The molecule has 1 aromatic heterocycles. The fraction of sp³-hybridized carbons (Fsp3) is 0.769. The van der Waals surface area contributed by atoms with Gasteiger partial charge in [0.05, 0.1) is 12.5 Å². The molecule has 6 nitrogen and oxygen atoms in total.